The van der Waals surface area contributed by atoms with Crippen LogP contribution in [-0.4, -0.2) is 19.7 Å². The van der Waals surface area contributed by atoms with Crippen LogP contribution in [0.4, 0.5) is 11.6 Å². The summed E-state index contributed by atoms with van der Waals surface area (Å²) in [6, 6.07) is 9.65. The molecule has 0 radical (unpaired) electrons. The maximum atomic E-state index is 5.94. The number of nitrogens with one attached hydrogen (secondary N) is 1. The average Bonchev–Trinajstić information content (AvgIpc) is 2.68. The van der Waals surface area contributed by atoms with Crippen LogP contribution in [0.5, 0.6) is 0 Å². The summed E-state index contributed by atoms with van der Waals surface area (Å²) >= 11 is 5.94. The van der Waals surface area contributed by atoms with Gasteiger partial charge in [-0.15, -0.1) is 0 Å². The van der Waals surface area contributed by atoms with Gasteiger partial charge in [0.15, 0.2) is 5.82 Å². The Hall–Kier alpha value is -2.14. The van der Waals surface area contributed by atoms with Gasteiger partial charge in [-0.3, -0.25) is 4.68 Å². The zero-order valence-corrected chi connectivity index (χ0v) is 11.3. The zero-order chi connectivity index (χ0) is 13.4. The SMILES string of the molecule is Cc1cc(Nc2nc(Cl)nc3ccccc23)nn1C. The number of halogens is 1. The van der Waals surface area contributed by atoms with Gasteiger partial charge in [-0.1, -0.05) is 12.1 Å². The third kappa shape index (κ3) is 2.24. The van der Waals surface area contributed by atoms with E-state index in [4.69, 9.17) is 11.6 Å². The number of nitrogens with zero attached hydrogens (tertiary/aromatic N) is 4. The maximum absolute atomic E-state index is 5.94. The van der Waals surface area contributed by atoms with Crippen molar-refractivity contribution in [2.24, 2.45) is 7.05 Å². The second-order valence-corrected chi connectivity index (χ2v) is 4.62. The Morgan fingerprint density at radius 2 is 2.00 bits per heavy atom. The normalized spacial score (nSPS) is 10.9. The Morgan fingerprint density at radius 3 is 2.74 bits per heavy atom. The number of hydrogen-bond acceptors (Lipinski definition) is 4. The first-order valence-corrected chi connectivity index (χ1v) is 6.21. The molecule has 3 rings (SSSR count). The van der Waals surface area contributed by atoms with Gasteiger partial charge in [0.1, 0.15) is 5.82 Å². The van der Waals surface area contributed by atoms with Crippen molar-refractivity contribution in [2.45, 2.75) is 6.92 Å². The van der Waals surface area contributed by atoms with Crippen molar-refractivity contribution in [3.05, 3.63) is 41.3 Å². The van der Waals surface area contributed by atoms with E-state index >= 15 is 0 Å². The van der Waals surface area contributed by atoms with E-state index in [2.05, 4.69) is 20.4 Å². The van der Waals surface area contributed by atoms with Gasteiger partial charge in [0.25, 0.3) is 0 Å². The van der Waals surface area contributed by atoms with Crippen LogP contribution in [0.15, 0.2) is 30.3 Å². The smallest absolute Gasteiger partial charge is 0.224 e. The molecule has 5 nitrogen and oxygen atoms in total. The van der Waals surface area contributed by atoms with Gasteiger partial charge in [-0.25, -0.2) is 4.98 Å². The molecule has 2 aromatic heterocycles. The van der Waals surface area contributed by atoms with Crippen LogP contribution in [-0.2, 0) is 7.05 Å². The Balaban J connectivity index is 2.09. The largest absolute Gasteiger partial charge is 0.323 e. The number of rotatable bonds is 2. The lowest BCUT2D eigenvalue weighted by Gasteiger charge is -2.06. The molecule has 0 atom stereocenters. The quantitative estimate of drug-likeness (QED) is 0.729. The Labute approximate surface area is 115 Å². The minimum Gasteiger partial charge on any atom is -0.323 e. The topological polar surface area (TPSA) is 55.6 Å². The highest BCUT2D eigenvalue weighted by molar-refractivity contribution is 6.28. The van der Waals surface area contributed by atoms with Crippen LogP contribution < -0.4 is 5.32 Å². The monoisotopic (exact) mass is 273 g/mol. The number of anilines is 2. The van der Waals surface area contributed by atoms with Crippen molar-refractivity contribution in [2.75, 3.05) is 5.32 Å². The fourth-order valence-electron chi connectivity index (χ4n) is 1.89. The second-order valence-electron chi connectivity index (χ2n) is 4.28. The molecular weight excluding hydrogens is 262 g/mol. The van der Waals surface area contributed by atoms with Crippen molar-refractivity contribution in [1.82, 2.24) is 19.7 Å². The van der Waals surface area contributed by atoms with Gasteiger partial charge >= 0.3 is 0 Å². The molecule has 3 aromatic rings. The molecule has 96 valence electrons. The standard InChI is InChI=1S/C13H12ClN5/c1-8-7-11(18-19(8)2)16-12-9-5-3-4-6-10(9)15-13(14)17-12/h3-7H,1-2H3,(H,15,16,17,18). The van der Waals surface area contributed by atoms with Crippen LogP contribution >= 0.6 is 11.6 Å². The first kappa shape index (κ1) is 11.9. The molecule has 19 heavy (non-hydrogen) atoms. The highest BCUT2D eigenvalue weighted by atomic mass is 35.5. The molecule has 6 heteroatoms. The van der Waals surface area contributed by atoms with Crippen LogP contribution in [0.2, 0.25) is 5.28 Å². The molecule has 0 saturated carbocycles. The lowest BCUT2D eigenvalue weighted by Crippen LogP contribution is -1.99. The maximum Gasteiger partial charge on any atom is 0.224 e. The van der Waals surface area contributed by atoms with Crippen molar-refractivity contribution < 1.29 is 0 Å². The van der Waals surface area contributed by atoms with Gasteiger partial charge in [0.2, 0.25) is 5.28 Å². The molecule has 1 N–H and O–H groups in total. The summed E-state index contributed by atoms with van der Waals surface area (Å²) in [5.41, 5.74) is 1.87. The minimum absolute atomic E-state index is 0.217. The fraction of sp³-hybridized carbons (Fsp3) is 0.154. The summed E-state index contributed by atoms with van der Waals surface area (Å²) in [5, 5.41) is 8.65. The molecule has 0 aliphatic heterocycles. The number of aromatic nitrogens is 4. The van der Waals surface area contributed by atoms with Gasteiger partial charge in [-0.2, -0.15) is 10.1 Å². The van der Waals surface area contributed by atoms with Crippen molar-refractivity contribution in [3.63, 3.8) is 0 Å². The molecule has 0 amide bonds. The number of para-hydroxylation sites is 1. The summed E-state index contributed by atoms with van der Waals surface area (Å²) in [7, 11) is 1.89. The summed E-state index contributed by atoms with van der Waals surface area (Å²) in [6.07, 6.45) is 0. The molecule has 0 fully saturated rings. The van der Waals surface area contributed by atoms with Crippen LogP contribution in [0.3, 0.4) is 0 Å². The molecule has 0 aliphatic rings. The third-order valence-electron chi connectivity index (χ3n) is 2.94. The Morgan fingerprint density at radius 1 is 1.21 bits per heavy atom. The fourth-order valence-corrected chi connectivity index (χ4v) is 2.06. The molecule has 2 heterocycles. The number of hydrogen-bond donors (Lipinski definition) is 1. The first-order chi connectivity index (χ1) is 9.13. The van der Waals surface area contributed by atoms with Crippen LogP contribution in [0.1, 0.15) is 5.69 Å². The summed E-state index contributed by atoms with van der Waals surface area (Å²) in [5.74, 6) is 1.40. The second kappa shape index (κ2) is 4.51. The van der Waals surface area contributed by atoms with Crippen molar-refractivity contribution in [3.8, 4) is 0 Å². The summed E-state index contributed by atoms with van der Waals surface area (Å²) in [4.78, 5) is 8.42. The van der Waals surface area contributed by atoms with Crippen LogP contribution in [0, 0.1) is 6.92 Å². The molecule has 0 aliphatic carbocycles. The molecule has 1 aromatic carbocycles. The molecule has 0 bridgehead atoms. The Kier molecular flexibility index (Phi) is 2.83. The van der Waals surface area contributed by atoms with Crippen molar-refractivity contribution >= 4 is 34.1 Å². The van der Waals surface area contributed by atoms with Gasteiger partial charge in [0, 0.05) is 24.2 Å². The lowest BCUT2D eigenvalue weighted by molar-refractivity contribution is 0.743. The van der Waals surface area contributed by atoms with Gasteiger partial charge < -0.3 is 5.32 Å². The van der Waals surface area contributed by atoms with Crippen LogP contribution in [0.25, 0.3) is 10.9 Å². The van der Waals surface area contributed by atoms with E-state index < -0.39 is 0 Å². The summed E-state index contributed by atoms with van der Waals surface area (Å²) < 4.78 is 1.80. The van der Waals surface area contributed by atoms with E-state index in [0.717, 1.165) is 22.4 Å². The Bertz CT molecular complexity index is 730. The highest BCUT2D eigenvalue weighted by Gasteiger charge is 2.08. The lowest BCUT2D eigenvalue weighted by atomic mass is 10.2. The third-order valence-corrected chi connectivity index (χ3v) is 3.11. The van der Waals surface area contributed by atoms with E-state index in [1.54, 1.807) is 4.68 Å². The number of benzene rings is 1. The van der Waals surface area contributed by atoms with E-state index in [0.29, 0.717) is 5.82 Å². The van der Waals surface area contributed by atoms with Gasteiger partial charge in [-0.05, 0) is 30.7 Å². The van der Waals surface area contributed by atoms with E-state index in [1.807, 2.05) is 44.3 Å². The molecule has 0 spiro atoms. The van der Waals surface area contributed by atoms with E-state index in [-0.39, 0.29) is 5.28 Å². The average molecular weight is 274 g/mol. The van der Waals surface area contributed by atoms with Gasteiger partial charge in [0.05, 0.1) is 5.52 Å². The number of aryl methyl sites for hydroxylation is 2. The predicted molar refractivity (Wildman–Crippen MR) is 75.8 cm³/mol. The molecule has 0 unspecified atom stereocenters. The van der Waals surface area contributed by atoms with E-state index in [1.165, 1.54) is 0 Å². The highest BCUT2D eigenvalue weighted by Crippen LogP contribution is 2.24. The molecule has 0 saturated heterocycles. The first-order valence-electron chi connectivity index (χ1n) is 5.83. The molecular formula is C13H12ClN5. The van der Waals surface area contributed by atoms with E-state index in [9.17, 15) is 0 Å². The number of fused-ring (bicyclic) bond motifs is 1. The minimum atomic E-state index is 0.217. The predicted octanol–water partition coefficient (Wildman–Crippen LogP) is 3.07. The zero-order valence-electron chi connectivity index (χ0n) is 10.6. The summed E-state index contributed by atoms with van der Waals surface area (Å²) in [6.45, 7) is 1.99. The van der Waals surface area contributed by atoms with Crippen molar-refractivity contribution in [1.29, 1.82) is 0 Å².